The summed E-state index contributed by atoms with van der Waals surface area (Å²) in [7, 11) is 0. The van der Waals surface area contributed by atoms with Crippen LogP contribution in [0.1, 0.15) is 16.1 Å². The number of nitrogens with zero attached hydrogens (tertiary/aromatic N) is 3. The molecule has 1 aliphatic rings. The van der Waals surface area contributed by atoms with Crippen molar-refractivity contribution in [1.82, 2.24) is 19.6 Å². The third-order valence-corrected chi connectivity index (χ3v) is 4.64. The van der Waals surface area contributed by atoms with Crippen LogP contribution < -0.4 is 10.9 Å². The van der Waals surface area contributed by atoms with Crippen molar-refractivity contribution < 1.29 is 9.53 Å². The van der Waals surface area contributed by atoms with Gasteiger partial charge in [0.15, 0.2) is 4.96 Å². The molecule has 1 amide bonds. The topological polar surface area (TPSA) is 75.9 Å². The molecule has 0 bridgehead atoms. The highest BCUT2D eigenvalue weighted by molar-refractivity contribution is 7.15. The van der Waals surface area contributed by atoms with E-state index >= 15 is 0 Å². The zero-order valence-electron chi connectivity index (χ0n) is 12.4. The number of carbonyl (C=O) groups is 1. The zero-order valence-corrected chi connectivity index (χ0v) is 13.2. The number of nitrogens with one attached hydrogen (secondary N) is 1. The summed E-state index contributed by atoms with van der Waals surface area (Å²) in [5.41, 5.74) is 0.564. The lowest BCUT2D eigenvalue weighted by Crippen LogP contribution is -2.42. The number of aryl methyl sites for hydroxylation is 1. The van der Waals surface area contributed by atoms with Crippen LogP contribution in [0.3, 0.4) is 0 Å². The number of amides is 1. The number of fused-ring (bicyclic) bond motifs is 1. The van der Waals surface area contributed by atoms with Gasteiger partial charge >= 0.3 is 0 Å². The molecule has 118 valence electrons. The van der Waals surface area contributed by atoms with Crippen LogP contribution in [0.4, 0.5) is 0 Å². The summed E-state index contributed by atoms with van der Waals surface area (Å²) in [4.78, 5) is 31.5. The normalized spacial score (nSPS) is 16.0. The molecule has 0 saturated carbocycles. The van der Waals surface area contributed by atoms with E-state index in [2.05, 4.69) is 15.2 Å². The van der Waals surface area contributed by atoms with Gasteiger partial charge in [0.05, 0.1) is 13.2 Å². The number of ether oxygens (including phenoxy) is 1. The molecule has 1 fully saturated rings. The number of hydrogen-bond donors (Lipinski definition) is 1. The fourth-order valence-electron chi connectivity index (χ4n) is 2.43. The first kappa shape index (κ1) is 15.1. The monoisotopic (exact) mass is 322 g/mol. The average molecular weight is 322 g/mol. The number of aromatic nitrogens is 2. The van der Waals surface area contributed by atoms with E-state index in [1.165, 1.54) is 21.9 Å². The Kier molecular flexibility index (Phi) is 4.51. The quantitative estimate of drug-likeness (QED) is 0.866. The van der Waals surface area contributed by atoms with Crippen molar-refractivity contribution in [1.29, 1.82) is 0 Å². The number of rotatable bonds is 4. The molecule has 0 atom stereocenters. The largest absolute Gasteiger partial charge is 0.379 e. The average Bonchev–Trinajstić information content (AvgIpc) is 2.91. The molecule has 3 rings (SSSR count). The van der Waals surface area contributed by atoms with Gasteiger partial charge in [-0.05, 0) is 6.92 Å². The van der Waals surface area contributed by atoms with Gasteiger partial charge in [-0.3, -0.25) is 18.9 Å². The molecular formula is C14H18N4O3S. The second-order valence-electron chi connectivity index (χ2n) is 5.18. The molecule has 3 heterocycles. The molecule has 22 heavy (non-hydrogen) atoms. The van der Waals surface area contributed by atoms with Crippen LogP contribution >= 0.6 is 11.3 Å². The molecular weight excluding hydrogens is 304 g/mol. The van der Waals surface area contributed by atoms with E-state index < -0.39 is 0 Å². The molecule has 7 nitrogen and oxygen atoms in total. The Hall–Kier alpha value is -1.77. The van der Waals surface area contributed by atoms with Crippen LogP contribution in [0.2, 0.25) is 0 Å². The summed E-state index contributed by atoms with van der Waals surface area (Å²) >= 11 is 1.39. The van der Waals surface area contributed by atoms with Crippen LogP contribution in [-0.4, -0.2) is 59.6 Å². The van der Waals surface area contributed by atoms with Crippen LogP contribution in [0.15, 0.2) is 16.4 Å². The van der Waals surface area contributed by atoms with Crippen molar-refractivity contribution >= 4 is 22.2 Å². The Balaban J connectivity index is 1.66. The Labute approximate surface area is 131 Å². The number of thiazole rings is 1. The van der Waals surface area contributed by atoms with Gasteiger partial charge in [0.2, 0.25) is 0 Å². The lowest BCUT2D eigenvalue weighted by atomic mass is 10.3. The van der Waals surface area contributed by atoms with Crippen LogP contribution in [0.25, 0.3) is 4.96 Å². The van der Waals surface area contributed by atoms with Gasteiger partial charge in [-0.2, -0.15) is 0 Å². The van der Waals surface area contributed by atoms with Gasteiger partial charge in [0.25, 0.3) is 11.5 Å². The van der Waals surface area contributed by atoms with E-state index in [9.17, 15) is 9.59 Å². The molecule has 8 heteroatoms. The first-order chi connectivity index (χ1) is 10.7. The van der Waals surface area contributed by atoms with Gasteiger partial charge in [-0.1, -0.05) is 0 Å². The summed E-state index contributed by atoms with van der Waals surface area (Å²) in [5.74, 6) is -0.370. The molecule has 2 aromatic rings. The van der Waals surface area contributed by atoms with E-state index in [1.807, 2.05) is 12.3 Å². The number of morpholine rings is 1. The third kappa shape index (κ3) is 3.03. The predicted octanol–water partition coefficient (Wildman–Crippen LogP) is 0.126. The minimum atomic E-state index is -0.370. The molecule has 2 aromatic heterocycles. The summed E-state index contributed by atoms with van der Waals surface area (Å²) in [6.07, 6.45) is 1.36. The van der Waals surface area contributed by atoms with Gasteiger partial charge in [-0.15, -0.1) is 11.3 Å². The standard InChI is InChI=1S/C14H18N4O3S/c1-10-9-22-14-16-8-11(13(20)18(10)14)12(19)15-2-3-17-4-6-21-7-5-17/h8-9H,2-7H2,1H3,(H,15,19). The SMILES string of the molecule is Cc1csc2ncc(C(=O)NCCN3CCOCC3)c(=O)n12. The predicted molar refractivity (Wildman–Crippen MR) is 83.7 cm³/mol. The molecule has 0 aliphatic carbocycles. The lowest BCUT2D eigenvalue weighted by molar-refractivity contribution is 0.0383. The maximum absolute atomic E-state index is 12.4. The Morgan fingerprint density at radius 3 is 3.00 bits per heavy atom. The molecule has 0 radical (unpaired) electrons. The smallest absolute Gasteiger partial charge is 0.271 e. The summed E-state index contributed by atoms with van der Waals surface area (Å²) in [5, 5.41) is 4.64. The van der Waals surface area contributed by atoms with Gasteiger partial charge < -0.3 is 10.1 Å². The molecule has 0 unspecified atom stereocenters. The van der Waals surface area contributed by atoms with E-state index in [0.29, 0.717) is 11.5 Å². The van der Waals surface area contributed by atoms with Gasteiger partial charge in [-0.25, -0.2) is 4.98 Å². The van der Waals surface area contributed by atoms with Crippen LogP contribution in [-0.2, 0) is 4.74 Å². The summed E-state index contributed by atoms with van der Waals surface area (Å²) in [6, 6.07) is 0. The molecule has 1 aliphatic heterocycles. The Bertz CT molecular complexity index is 733. The second-order valence-corrected chi connectivity index (χ2v) is 6.02. The zero-order chi connectivity index (χ0) is 15.5. The fraction of sp³-hybridized carbons (Fsp3) is 0.500. The minimum absolute atomic E-state index is 0.0842. The van der Waals surface area contributed by atoms with Crippen LogP contribution in [0, 0.1) is 6.92 Å². The summed E-state index contributed by atoms with van der Waals surface area (Å²) < 4.78 is 6.75. The summed E-state index contributed by atoms with van der Waals surface area (Å²) in [6.45, 7) is 6.29. The highest BCUT2D eigenvalue weighted by Gasteiger charge is 2.15. The van der Waals surface area contributed by atoms with Crippen molar-refractivity contribution in [2.24, 2.45) is 0 Å². The maximum atomic E-state index is 12.4. The first-order valence-corrected chi connectivity index (χ1v) is 8.09. The van der Waals surface area contributed by atoms with Crippen molar-refractivity contribution in [2.75, 3.05) is 39.4 Å². The van der Waals surface area contributed by atoms with E-state index in [4.69, 9.17) is 4.74 Å². The van der Waals surface area contributed by atoms with Crippen LogP contribution in [0.5, 0.6) is 0 Å². The molecule has 1 saturated heterocycles. The highest BCUT2D eigenvalue weighted by Crippen LogP contribution is 2.10. The molecule has 0 aromatic carbocycles. The number of carbonyl (C=O) groups excluding carboxylic acids is 1. The second kappa shape index (κ2) is 6.55. The van der Waals surface area contributed by atoms with E-state index in [-0.39, 0.29) is 17.0 Å². The fourth-order valence-corrected chi connectivity index (χ4v) is 3.26. The first-order valence-electron chi connectivity index (χ1n) is 7.21. The van der Waals surface area contributed by atoms with Crippen molar-refractivity contribution in [2.45, 2.75) is 6.92 Å². The molecule has 0 spiro atoms. The lowest BCUT2D eigenvalue weighted by Gasteiger charge is -2.26. The van der Waals surface area contributed by atoms with Gasteiger partial charge in [0, 0.05) is 43.4 Å². The minimum Gasteiger partial charge on any atom is -0.379 e. The van der Waals surface area contributed by atoms with Crippen molar-refractivity contribution in [3.05, 3.63) is 33.2 Å². The maximum Gasteiger partial charge on any atom is 0.271 e. The van der Waals surface area contributed by atoms with Crippen molar-refractivity contribution in [3.8, 4) is 0 Å². The van der Waals surface area contributed by atoms with E-state index in [1.54, 1.807) is 0 Å². The highest BCUT2D eigenvalue weighted by atomic mass is 32.1. The Morgan fingerprint density at radius 1 is 1.45 bits per heavy atom. The van der Waals surface area contributed by atoms with E-state index in [0.717, 1.165) is 38.5 Å². The third-order valence-electron chi connectivity index (χ3n) is 3.68. The van der Waals surface area contributed by atoms with Gasteiger partial charge in [0.1, 0.15) is 5.56 Å². The Morgan fingerprint density at radius 2 is 2.23 bits per heavy atom. The number of hydrogen-bond acceptors (Lipinski definition) is 6. The molecule has 1 N–H and O–H groups in total. The van der Waals surface area contributed by atoms with Crippen molar-refractivity contribution in [3.63, 3.8) is 0 Å².